The first-order chi connectivity index (χ1) is 6.27. The second-order valence-corrected chi connectivity index (χ2v) is 3.86. The molecule has 0 aromatic heterocycles. The maximum atomic E-state index is 8.78. The SMILES string of the molecule is CCC(C)N1CCN(CCO)CC1.Cl. The largest absolute Gasteiger partial charge is 0.395 e. The van der Waals surface area contributed by atoms with E-state index in [1.54, 1.807) is 0 Å². The minimum absolute atomic E-state index is 0. The van der Waals surface area contributed by atoms with Gasteiger partial charge in [0.2, 0.25) is 0 Å². The first-order valence-corrected chi connectivity index (χ1v) is 5.35. The van der Waals surface area contributed by atoms with Crippen LogP contribution in [-0.4, -0.2) is 60.3 Å². The van der Waals surface area contributed by atoms with Gasteiger partial charge in [0.1, 0.15) is 0 Å². The van der Waals surface area contributed by atoms with E-state index in [9.17, 15) is 0 Å². The van der Waals surface area contributed by atoms with Gasteiger partial charge < -0.3 is 5.11 Å². The van der Waals surface area contributed by atoms with Gasteiger partial charge in [-0.15, -0.1) is 12.4 Å². The Morgan fingerprint density at radius 2 is 1.79 bits per heavy atom. The van der Waals surface area contributed by atoms with Gasteiger partial charge in [0.25, 0.3) is 0 Å². The van der Waals surface area contributed by atoms with Gasteiger partial charge in [0.05, 0.1) is 6.61 Å². The molecule has 1 aliphatic rings. The number of piperazine rings is 1. The molecule has 0 bridgehead atoms. The van der Waals surface area contributed by atoms with Crippen molar-refractivity contribution >= 4 is 12.4 Å². The van der Waals surface area contributed by atoms with Crippen LogP contribution >= 0.6 is 12.4 Å². The Morgan fingerprint density at radius 1 is 1.21 bits per heavy atom. The summed E-state index contributed by atoms with van der Waals surface area (Å²) in [6.07, 6.45) is 1.24. The number of β-amino-alcohol motifs (C(OH)–C–C–N with tert-alkyl or cyclic N) is 1. The topological polar surface area (TPSA) is 26.7 Å². The van der Waals surface area contributed by atoms with Gasteiger partial charge in [0.15, 0.2) is 0 Å². The maximum absolute atomic E-state index is 8.78. The summed E-state index contributed by atoms with van der Waals surface area (Å²) in [6.45, 7) is 10.2. The van der Waals surface area contributed by atoms with Crippen LogP contribution in [-0.2, 0) is 0 Å². The van der Waals surface area contributed by atoms with E-state index in [0.29, 0.717) is 6.61 Å². The molecule has 0 aliphatic carbocycles. The lowest BCUT2D eigenvalue weighted by Crippen LogP contribution is -2.49. The minimum atomic E-state index is 0. The van der Waals surface area contributed by atoms with Gasteiger partial charge >= 0.3 is 0 Å². The number of aliphatic hydroxyl groups excluding tert-OH is 1. The van der Waals surface area contributed by atoms with E-state index < -0.39 is 0 Å². The summed E-state index contributed by atoms with van der Waals surface area (Å²) in [5, 5.41) is 8.78. The van der Waals surface area contributed by atoms with Crippen LogP contribution in [0.4, 0.5) is 0 Å². The molecule has 1 N–H and O–H groups in total. The molecule has 0 aromatic rings. The molecule has 1 unspecified atom stereocenters. The van der Waals surface area contributed by atoms with E-state index >= 15 is 0 Å². The molecular weight excluding hydrogens is 200 g/mol. The maximum Gasteiger partial charge on any atom is 0.0558 e. The van der Waals surface area contributed by atoms with Crippen molar-refractivity contribution in [3.8, 4) is 0 Å². The number of halogens is 1. The van der Waals surface area contributed by atoms with Crippen molar-refractivity contribution in [1.29, 1.82) is 0 Å². The molecule has 1 heterocycles. The summed E-state index contributed by atoms with van der Waals surface area (Å²) >= 11 is 0. The predicted octanol–water partition coefficient (Wildman–Crippen LogP) is 0.817. The molecule has 0 saturated carbocycles. The van der Waals surface area contributed by atoms with Crippen LogP contribution in [0.25, 0.3) is 0 Å². The van der Waals surface area contributed by atoms with Crippen LogP contribution in [0.3, 0.4) is 0 Å². The second kappa shape index (κ2) is 7.46. The fraction of sp³-hybridized carbons (Fsp3) is 1.00. The van der Waals surface area contributed by atoms with Crippen molar-refractivity contribution in [3.63, 3.8) is 0 Å². The fourth-order valence-corrected chi connectivity index (χ4v) is 1.83. The molecule has 86 valence electrons. The number of nitrogens with zero attached hydrogens (tertiary/aromatic N) is 2. The fourth-order valence-electron chi connectivity index (χ4n) is 1.83. The van der Waals surface area contributed by atoms with Crippen LogP contribution in [0.1, 0.15) is 20.3 Å². The Balaban J connectivity index is 0.00000169. The number of aliphatic hydroxyl groups is 1. The van der Waals surface area contributed by atoms with Gasteiger partial charge in [-0.25, -0.2) is 0 Å². The van der Waals surface area contributed by atoms with Crippen molar-refractivity contribution in [2.75, 3.05) is 39.3 Å². The summed E-state index contributed by atoms with van der Waals surface area (Å²) in [6, 6.07) is 0.719. The first kappa shape index (κ1) is 14.2. The van der Waals surface area contributed by atoms with Crippen LogP contribution in [0.15, 0.2) is 0 Å². The third-order valence-electron chi connectivity index (χ3n) is 3.04. The lowest BCUT2D eigenvalue weighted by atomic mass is 10.2. The third-order valence-corrected chi connectivity index (χ3v) is 3.04. The molecule has 4 heteroatoms. The molecular formula is C10H23ClN2O. The zero-order valence-electron chi connectivity index (χ0n) is 9.28. The Kier molecular flexibility index (Phi) is 7.55. The molecule has 1 rings (SSSR count). The molecule has 1 saturated heterocycles. The Hall–Kier alpha value is 0.170. The molecule has 0 spiro atoms. The minimum Gasteiger partial charge on any atom is -0.395 e. The van der Waals surface area contributed by atoms with E-state index in [0.717, 1.165) is 38.8 Å². The van der Waals surface area contributed by atoms with Gasteiger partial charge in [-0.05, 0) is 13.3 Å². The van der Waals surface area contributed by atoms with Crippen LogP contribution in [0.5, 0.6) is 0 Å². The average molecular weight is 223 g/mol. The predicted molar refractivity (Wildman–Crippen MR) is 62.1 cm³/mol. The van der Waals surface area contributed by atoms with Crippen molar-refractivity contribution in [1.82, 2.24) is 9.80 Å². The number of hydrogen-bond donors (Lipinski definition) is 1. The average Bonchev–Trinajstić information content (AvgIpc) is 2.18. The van der Waals surface area contributed by atoms with Crippen molar-refractivity contribution in [2.45, 2.75) is 26.3 Å². The lowest BCUT2D eigenvalue weighted by molar-refractivity contribution is 0.0876. The quantitative estimate of drug-likeness (QED) is 0.763. The Bertz CT molecular complexity index is 138. The van der Waals surface area contributed by atoms with Gasteiger partial charge in [-0.2, -0.15) is 0 Å². The molecule has 0 radical (unpaired) electrons. The zero-order chi connectivity index (χ0) is 9.68. The van der Waals surface area contributed by atoms with Gasteiger partial charge in [-0.1, -0.05) is 6.92 Å². The standard InChI is InChI=1S/C10H22N2O.ClH/c1-3-10(2)12-6-4-11(5-7-12)8-9-13;/h10,13H,3-9H2,1-2H3;1H. The van der Waals surface area contributed by atoms with Gasteiger partial charge in [0, 0.05) is 38.8 Å². The Morgan fingerprint density at radius 3 is 2.21 bits per heavy atom. The summed E-state index contributed by atoms with van der Waals surface area (Å²) in [5.74, 6) is 0. The normalized spacial score (nSPS) is 21.6. The second-order valence-electron chi connectivity index (χ2n) is 3.86. The third kappa shape index (κ3) is 4.13. The summed E-state index contributed by atoms with van der Waals surface area (Å²) in [4.78, 5) is 4.87. The summed E-state index contributed by atoms with van der Waals surface area (Å²) in [5.41, 5.74) is 0. The lowest BCUT2D eigenvalue weighted by Gasteiger charge is -2.37. The van der Waals surface area contributed by atoms with E-state index in [1.807, 2.05) is 0 Å². The van der Waals surface area contributed by atoms with Gasteiger partial charge in [-0.3, -0.25) is 9.80 Å². The smallest absolute Gasteiger partial charge is 0.0558 e. The molecule has 1 fully saturated rings. The van der Waals surface area contributed by atoms with E-state index in [4.69, 9.17) is 5.11 Å². The molecule has 1 aliphatic heterocycles. The molecule has 14 heavy (non-hydrogen) atoms. The van der Waals surface area contributed by atoms with E-state index in [-0.39, 0.29) is 12.4 Å². The Labute approximate surface area is 93.5 Å². The number of hydrogen-bond acceptors (Lipinski definition) is 3. The van der Waals surface area contributed by atoms with Crippen molar-refractivity contribution in [3.05, 3.63) is 0 Å². The number of rotatable bonds is 4. The highest BCUT2D eigenvalue weighted by Gasteiger charge is 2.19. The highest BCUT2D eigenvalue weighted by atomic mass is 35.5. The van der Waals surface area contributed by atoms with Crippen LogP contribution in [0.2, 0.25) is 0 Å². The highest BCUT2D eigenvalue weighted by Crippen LogP contribution is 2.07. The van der Waals surface area contributed by atoms with Crippen LogP contribution < -0.4 is 0 Å². The van der Waals surface area contributed by atoms with E-state index in [1.165, 1.54) is 6.42 Å². The summed E-state index contributed by atoms with van der Waals surface area (Å²) in [7, 11) is 0. The molecule has 0 amide bonds. The molecule has 3 nitrogen and oxygen atoms in total. The van der Waals surface area contributed by atoms with E-state index in [2.05, 4.69) is 23.6 Å². The van der Waals surface area contributed by atoms with Crippen LogP contribution in [0, 0.1) is 0 Å². The zero-order valence-corrected chi connectivity index (χ0v) is 10.1. The van der Waals surface area contributed by atoms with Crippen molar-refractivity contribution in [2.24, 2.45) is 0 Å². The summed E-state index contributed by atoms with van der Waals surface area (Å²) < 4.78 is 0. The molecule has 0 aromatic carbocycles. The molecule has 1 atom stereocenters. The monoisotopic (exact) mass is 222 g/mol. The highest BCUT2D eigenvalue weighted by molar-refractivity contribution is 5.85. The van der Waals surface area contributed by atoms with Crippen molar-refractivity contribution < 1.29 is 5.11 Å². The first-order valence-electron chi connectivity index (χ1n) is 5.35.